The Morgan fingerprint density at radius 1 is 1.27 bits per heavy atom. The predicted octanol–water partition coefficient (Wildman–Crippen LogP) is 0.311. The van der Waals surface area contributed by atoms with E-state index < -0.39 is 0 Å². The number of aliphatic hydroxyl groups is 1. The highest BCUT2D eigenvalue weighted by molar-refractivity contribution is 5.76. The summed E-state index contributed by atoms with van der Waals surface area (Å²) in [5.41, 5.74) is 0. The number of piperazine rings is 1. The zero-order valence-electron chi connectivity index (χ0n) is 9.78. The summed E-state index contributed by atoms with van der Waals surface area (Å²) >= 11 is 0. The third-order valence-electron chi connectivity index (χ3n) is 2.95. The molecule has 0 unspecified atom stereocenters. The Hall–Kier alpha value is -0.610. The van der Waals surface area contributed by atoms with E-state index in [1.54, 1.807) is 0 Å². The van der Waals surface area contributed by atoms with Crippen molar-refractivity contribution in [3.05, 3.63) is 0 Å². The second-order valence-corrected chi connectivity index (χ2v) is 4.34. The number of carbonyl (C=O) groups is 1. The van der Waals surface area contributed by atoms with E-state index in [-0.39, 0.29) is 12.5 Å². The zero-order chi connectivity index (χ0) is 11.3. The van der Waals surface area contributed by atoms with Crippen LogP contribution in [0, 0.1) is 0 Å². The fraction of sp³-hybridized carbons (Fsp3) is 0.909. The van der Waals surface area contributed by atoms with Gasteiger partial charge in [0.1, 0.15) is 0 Å². The lowest BCUT2D eigenvalue weighted by atomic mass is 10.2. The van der Waals surface area contributed by atoms with E-state index >= 15 is 0 Å². The van der Waals surface area contributed by atoms with Crippen molar-refractivity contribution < 1.29 is 9.90 Å². The number of carbonyl (C=O) groups excluding carboxylic acids is 1. The molecule has 1 N–H and O–H groups in total. The third-order valence-corrected chi connectivity index (χ3v) is 2.95. The van der Waals surface area contributed by atoms with Crippen LogP contribution in [0.2, 0.25) is 0 Å². The van der Waals surface area contributed by atoms with E-state index in [4.69, 9.17) is 5.11 Å². The minimum absolute atomic E-state index is 0.109. The maximum absolute atomic E-state index is 11.6. The molecule has 0 aliphatic carbocycles. The Morgan fingerprint density at radius 3 is 2.33 bits per heavy atom. The normalized spacial score (nSPS) is 18.5. The number of aliphatic hydroxyl groups excluding tert-OH is 1. The van der Waals surface area contributed by atoms with Crippen LogP contribution in [-0.4, -0.2) is 59.6 Å². The largest absolute Gasteiger partial charge is 0.396 e. The Labute approximate surface area is 91.9 Å². The van der Waals surface area contributed by atoms with E-state index in [1.807, 2.05) is 4.90 Å². The highest BCUT2D eigenvalue weighted by Gasteiger charge is 2.21. The molecule has 1 rings (SSSR count). The summed E-state index contributed by atoms with van der Waals surface area (Å²) in [6.45, 7) is 8.10. The molecule has 1 fully saturated rings. The van der Waals surface area contributed by atoms with Gasteiger partial charge in [0, 0.05) is 45.2 Å². The smallest absolute Gasteiger partial charge is 0.222 e. The van der Waals surface area contributed by atoms with Crippen molar-refractivity contribution in [2.45, 2.75) is 32.7 Å². The first-order valence-electron chi connectivity index (χ1n) is 5.78. The highest BCUT2D eigenvalue weighted by Crippen LogP contribution is 2.07. The lowest BCUT2D eigenvalue weighted by Crippen LogP contribution is -2.50. The minimum Gasteiger partial charge on any atom is -0.396 e. The van der Waals surface area contributed by atoms with Crippen LogP contribution in [0.3, 0.4) is 0 Å². The van der Waals surface area contributed by atoms with Gasteiger partial charge in [-0.1, -0.05) is 0 Å². The van der Waals surface area contributed by atoms with Crippen molar-refractivity contribution in [3.8, 4) is 0 Å². The molecule has 88 valence electrons. The van der Waals surface area contributed by atoms with Crippen LogP contribution in [-0.2, 0) is 4.79 Å². The van der Waals surface area contributed by atoms with E-state index in [2.05, 4.69) is 18.7 Å². The van der Waals surface area contributed by atoms with Gasteiger partial charge in [-0.25, -0.2) is 0 Å². The minimum atomic E-state index is 0.109. The lowest BCUT2D eigenvalue weighted by Gasteiger charge is -2.37. The number of hydrogen-bond acceptors (Lipinski definition) is 3. The molecule has 0 bridgehead atoms. The van der Waals surface area contributed by atoms with Crippen molar-refractivity contribution in [2.24, 2.45) is 0 Å². The summed E-state index contributed by atoms with van der Waals surface area (Å²) < 4.78 is 0. The molecule has 15 heavy (non-hydrogen) atoms. The fourth-order valence-electron chi connectivity index (χ4n) is 1.88. The molecule has 0 aromatic heterocycles. The fourth-order valence-corrected chi connectivity index (χ4v) is 1.88. The van der Waals surface area contributed by atoms with Crippen LogP contribution in [0.25, 0.3) is 0 Å². The van der Waals surface area contributed by atoms with Crippen LogP contribution < -0.4 is 0 Å². The van der Waals surface area contributed by atoms with Gasteiger partial charge in [0.2, 0.25) is 5.91 Å². The van der Waals surface area contributed by atoms with Crippen LogP contribution in [0.1, 0.15) is 26.7 Å². The van der Waals surface area contributed by atoms with Crippen molar-refractivity contribution >= 4 is 5.91 Å². The Kier molecular flexibility index (Phi) is 5.05. The van der Waals surface area contributed by atoms with Crippen molar-refractivity contribution in [1.29, 1.82) is 0 Å². The first kappa shape index (κ1) is 12.5. The maximum atomic E-state index is 11.6. The molecule has 1 aliphatic heterocycles. The molecule has 0 aromatic rings. The molecule has 0 radical (unpaired) electrons. The molecular formula is C11H22N2O2. The molecule has 0 atom stereocenters. The van der Waals surface area contributed by atoms with Crippen molar-refractivity contribution in [2.75, 3.05) is 32.8 Å². The number of hydrogen-bond donors (Lipinski definition) is 1. The summed E-state index contributed by atoms with van der Waals surface area (Å²) in [6.07, 6.45) is 1.07. The topological polar surface area (TPSA) is 43.8 Å². The summed E-state index contributed by atoms with van der Waals surface area (Å²) in [7, 11) is 0. The van der Waals surface area contributed by atoms with Gasteiger partial charge in [-0.2, -0.15) is 0 Å². The molecule has 4 heteroatoms. The summed E-state index contributed by atoms with van der Waals surface area (Å²) in [6, 6.07) is 0.569. The highest BCUT2D eigenvalue weighted by atomic mass is 16.3. The van der Waals surface area contributed by atoms with Crippen molar-refractivity contribution in [3.63, 3.8) is 0 Å². The SMILES string of the molecule is CC(C)N1CCN(C(=O)CCCO)CC1. The first-order chi connectivity index (χ1) is 7.15. The van der Waals surface area contributed by atoms with E-state index in [9.17, 15) is 4.79 Å². The van der Waals surface area contributed by atoms with Crippen LogP contribution in [0.15, 0.2) is 0 Å². The van der Waals surface area contributed by atoms with Gasteiger partial charge in [-0.3, -0.25) is 9.69 Å². The van der Waals surface area contributed by atoms with Gasteiger partial charge in [-0.15, -0.1) is 0 Å². The van der Waals surface area contributed by atoms with Crippen molar-refractivity contribution in [1.82, 2.24) is 9.80 Å². The molecular weight excluding hydrogens is 192 g/mol. The number of amides is 1. The quantitative estimate of drug-likeness (QED) is 0.732. The number of rotatable bonds is 4. The van der Waals surface area contributed by atoms with E-state index in [0.29, 0.717) is 18.9 Å². The number of nitrogens with zero attached hydrogens (tertiary/aromatic N) is 2. The average Bonchev–Trinajstić information content (AvgIpc) is 2.26. The van der Waals surface area contributed by atoms with Gasteiger partial charge in [-0.05, 0) is 20.3 Å². The summed E-state index contributed by atoms with van der Waals surface area (Å²) in [4.78, 5) is 15.9. The monoisotopic (exact) mass is 214 g/mol. The molecule has 4 nitrogen and oxygen atoms in total. The first-order valence-corrected chi connectivity index (χ1v) is 5.78. The Morgan fingerprint density at radius 2 is 1.87 bits per heavy atom. The van der Waals surface area contributed by atoms with Gasteiger partial charge in [0.15, 0.2) is 0 Å². The summed E-state index contributed by atoms with van der Waals surface area (Å²) in [5, 5.41) is 8.65. The third kappa shape index (κ3) is 3.80. The maximum Gasteiger partial charge on any atom is 0.222 e. The van der Waals surface area contributed by atoms with Gasteiger partial charge >= 0.3 is 0 Å². The Bertz CT molecular complexity index is 199. The predicted molar refractivity (Wildman–Crippen MR) is 59.6 cm³/mol. The molecule has 1 saturated heterocycles. The second-order valence-electron chi connectivity index (χ2n) is 4.34. The van der Waals surface area contributed by atoms with E-state index in [1.165, 1.54) is 0 Å². The molecule has 0 spiro atoms. The van der Waals surface area contributed by atoms with Gasteiger partial charge in [0.25, 0.3) is 0 Å². The molecule has 0 aromatic carbocycles. The van der Waals surface area contributed by atoms with Crippen LogP contribution >= 0.6 is 0 Å². The average molecular weight is 214 g/mol. The lowest BCUT2D eigenvalue weighted by molar-refractivity contribution is -0.133. The second kappa shape index (κ2) is 6.08. The zero-order valence-corrected chi connectivity index (χ0v) is 9.78. The van der Waals surface area contributed by atoms with Gasteiger partial charge in [0.05, 0.1) is 0 Å². The summed E-state index contributed by atoms with van der Waals surface area (Å²) in [5.74, 6) is 0.187. The standard InChI is InChI=1S/C11H22N2O2/c1-10(2)12-5-7-13(8-6-12)11(15)4-3-9-14/h10,14H,3-9H2,1-2H3. The molecule has 1 heterocycles. The van der Waals surface area contributed by atoms with Crippen LogP contribution in [0.4, 0.5) is 0 Å². The Balaban J connectivity index is 2.27. The molecule has 1 amide bonds. The van der Waals surface area contributed by atoms with E-state index in [0.717, 1.165) is 26.2 Å². The molecule has 1 aliphatic rings. The molecule has 0 saturated carbocycles. The van der Waals surface area contributed by atoms with Gasteiger partial charge < -0.3 is 10.0 Å². The van der Waals surface area contributed by atoms with Crippen LogP contribution in [0.5, 0.6) is 0 Å².